The van der Waals surface area contributed by atoms with Gasteiger partial charge in [-0.3, -0.25) is 4.79 Å². The maximum Gasteiger partial charge on any atom is 0.573 e. The van der Waals surface area contributed by atoms with Crippen LogP contribution in [0.15, 0.2) is 24.3 Å². The molecule has 15 heavy (non-hydrogen) atoms. The molecule has 0 aliphatic heterocycles. The van der Waals surface area contributed by atoms with Crippen molar-refractivity contribution in [2.24, 2.45) is 0 Å². The summed E-state index contributed by atoms with van der Waals surface area (Å²) in [6, 6.07) is 4.05. The van der Waals surface area contributed by atoms with Gasteiger partial charge in [0.1, 0.15) is 5.75 Å². The minimum Gasteiger partial charge on any atom is -0.406 e. The maximum atomic E-state index is 11.9. The summed E-state index contributed by atoms with van der Waals surface area (Å²) in [5.41, 5.74) is 0.00650. The first-order valence-electron chi connectivity index (χ1n) is 3.87. The van der Waals surface area contributed by atoms with Crippen molar-refractivity contribution in [3.05, 3.63) is 29.8 Å². The Hall–Kier alpha value is -1.59. The molecule has 0 fully saturated rings. The summed E-state index contributed by atoms with van der Waals surface area (Å²) in [6.45, 7) is -1.18. The predicted octanol–water partition coefficient (Wildman–Crippen LogP) is 2.74. The Morgan fingerprint density at radius 2 is 1.73 bits per heavy atom. The van der Waals surface area contributed by atoms with Gasteiger partial charge in [-0.2, -0.15) is 0 Å². The fourth-order valence-corrected chi connectivity index (χ4v) is 0.920. The molecule has 0 saturated heterocycles. The number of halogens is 4. The first kappa shape index (κ1) is 11.5. The van der Waals surface area contributed by atoms with Crippen LogP contribution in [0.1, 0.15) is 10.4 Å². The van der Waals surface area contributed by atoms with Crippen molar-refractivity contribution >= 4 is 5.78 Å². The minimum absolute atomic E-state index is 0.00650. The van der Waals surface area contributed by atoms with E-state index in [9.17, 15) is 22.4 Å². The average molecular weight is 222 g/mol. The molecule has 0 aliphatic rings. The number of alkyl halides is 4. The molecule has 82 valence electrons. The Bertz CT molecular complexity index is 342. The largest absolute Gasteiger partial charge is 0.573 e. The van der Waals surface area contributed by atoms with E-state index in [1.54, 1.807) is 0 Å². The highest BCUT2D eigenvalue weighted by molar-refractivity contribution is 5.97. The smallest absolute Gasteiger partial charge is 0.406 e. The molecular weight excluding hydrogens is 216 g/mol. The van der Waals surface area contributed by atoms with E-state index in [1.165, 1.54) is 0 Å². The van der Waals surface area contributed by atoms with Gasteiger partial charge in [0.05, 0.1) is 0 Å². The summed E-state index contributed by atoms with van der Waals surface area (Å²) in [6.07, 6.45) is -4.77. The van der Waals surface area contributed by atoms with Gasteiger partial charge in [-0.05, 0) is 24.3 Å². The molecule has 6 heteroatoms. The molecule has 0 unspecified atom stereocenters. The van der Waals surface area contributed by atoms with E-state index in [0.717, 1.165) is 24.3 Å². The number of carbonyl (C=O) groups is 1. The molecule has 0 aromatic heterocycles. The number of Topliss-reactive ketones (excluding diaryl/α,β-unsaturated/α-hetero) is 1. The molecule has 0 radical (unpaired) electrons. The molecule has 0 saturated carbocycles. The monoisotopic (exact) mass is 222 g/mol. The van der Waals surface area contributed by atoms with E-state index in [2.05, 4.69) is 4.74 Å². The van der Waals surface area contributed by atoms with E-state index in [1.807, 2.05) is 0 Å². The summed E-state index contributed by atoms with van der Waals surface area (Å²) < 4.78 is 50.6. The van der Waals surface area contributed by atoms with Crippen molar-refractivity contribution in [2.45, 2.75) is 6.36 Å². The fourth-order valence-electron chi connectivity index (χ4n) is 0.920. The third kappa shape index (κ3) is 3.57. The van der Waals surface area contributed by atoms with Gasteiger partial charge in [-0.15, -0.1) is 13.2 Å². The van der Waals surface area contributed by atoms with Gasteiger partial charge >= 0.3 is 6.36 Å². The van der Waals surface area contributed by atoms with Gasteiger partial charge < -0.3 is 4.74 Å². The Labute approximate surface area is 82.5 Å². The molecule has 0 atom stereocenters. The number of carbonyl (C=O) groups excluding carboxylic acids is 1. The molecule has 1 aromatic carbocycles. The van der Waals surface area contributed by atoms with Crippen LogP contribution in [0, 0.1) is 0 Å². The van der Waals surface area contributed by atoms with Crippen LogP contribution < -0.4 is 4.74 Å². The van der Waals surface area contributed by atoms with Crippen LogP contribution in [0.5, 0.6) is 5.75 Å². The van der Waals surface area contributed by atoms with Gasteiger partial charge in [0.25, 0.3) is 0 Å². The summed E-state index contributed by atoms with van der Waals surface area (Å²) in [5.74, 6) is -1.23. The van der Waals surface area contributed by atoms with Gasteiger partial charge in [0.2, 0.25) is 0 Å². The summed E-state index contributed by atoms with van der Waals surface area (Å²) in [4.78, 5) is 10.8. The first-order chi connectivity index (χ1) is 6.92. The van der Waals surface area contributed by atoms with E-state index in [0.29, 0.717) is 0 Å². The predicted molar refractivity (Wildman–Crippen MR) is 43.4 cm³/mol. The summed E-state index contributed by atoms with van der Waals surface area (Å²) in [7, 11) is 0. The van der Waals surface area contributed by atoms with Gasteiger partial charge in [0.15, 0.2) is 12.5 Å². The lowest BCUT2D eigenvalue weighted by Gasteiger charge is -2.08. The number of ketones is 1. The van der Waals surface area contributed by atoms with E-state index in [4.69, 9.17) is 0 Å². The minimum atomic E-state index is -4.77. The second-order valence-electron chi connectivity index (χ2n) is 2.63. The zero-order valence-electron chi connectivity index (χ0n) is 7.34. The van der Waals surface area contributed by atoms with Crippen LogP contribution in [-0.4, -0.2) is 18.8 Å². The maximum absolute atomic E-state index is 11.9. The van der Waals surface area contributed by atoms with Crippen molar-refractivity contribution < 1.29 is 27.1 Å². The van der Waals surface area contributed by atoms with Crippen LogP contribution in [0.2, 0.25) is 0 Å². The molecular formula is C9H6F4O2. The molecule has 0 N–H and O–H groups in total. The molecule has 0 heterocycles. The number of benzene rings is 1. The number of hydrogen-bond acceptors (Lipinski definition) is 2. The Morgan fingerprint density at radius 3 is 2.13 bits per heavy atom. The quantitative estimate of drug-likeness (QED) is 0.580. The van der Waals surface area contributed by atoms with Crippen LogP contribution in [-0.2, 0) is 0 Å². The second-order valence-corrected chi connectivity index (χ2v) is 2.63. The van der Waals surface area contributed by atoms with Crippen LogP contribution >= 0.6 is 0 Å². The molecule has 0 aliphatic carbocycles. The molecule has 1 rings (SSSR count). The van der Waals surface area contributed by atoms with Crippen molar-refractivity contribution in [3.8, 4) is 5.75 Å². The third-order valence-corrected chi connectivity index (χ3v) is 1.53. The highest BCUT2D eigenvalue weighted by Gasteiger charge is 2.30. The fraction of sp³-hybridized carbons (Fsp3) is 0.222. The van der Waals surface area contributed by atoms with Crippen LogP contribution in [0.25, 0.3) is 0 Å². The second kappa shape index (κ2) is 4.29. The molecule has 1 aromatic rings. The zero-order chi connectivity index (χ0) is 11.5. The molecule has 2 nitrogen and oxygen atoms in total. The van der Waals surface area contributed by atoms with Crippen LogP contribution in [0.3, 0.4) is 0 Å². The van der Waals surface area contributed by atoms with Crippen molar-refractivity contribution in [1.29, 1.82) is 0 Å². The lowest BCUT2D eigenvalue weighted by Crippen LogP contribution is -2.17. The molecule has 0 amide bonds. The number of hydrogen-bond donors (Lipinski definition) is 0. The van der Waals surface area contributed by atoms with Crippen LogP contribution in [0.4, 0.5) is 17.6 Å². The normalized spacial score (nSPS) is 11.2. The van der Waals surface area contributed by atoms with Crippen molar-refractivity contribution in [3.63, 3.8) is 0 Å². The van der Waals surface area contributed by atoms with E-state index in [-0.39, 0.29) is 5.56 Å². The summed E-state index contributed by atoms with van der Waals surface area (Å²) >= 11 is 0. The molecule has 0 bridgehead atoms. The van der Waals surface area contributed by atoms with Gasteiger partial charge in [0, 0.05) is 5.56 Å². The zero-order valence-corrected chi connectivity index (χ0v) is 7.34. The first-order valence-corrected chi connectivity index (χ1v) is 3.87. The third-order valence-electron chi connectivity index (χ3n) is 1.53. The van der Waals surface area contributed by atoms with Gasteiger partial charge in [-0.25, -0.2) is 4.39 Å². The van der Waals surface area contributed by atoms with Gasteiger partial charge in [-0.1, -0.05) is 0 Å². The lowest BCUT2D eigenvalue weighted by molar-refractivity contribution is -0.274. The SMILES string of the molecule is O=C(CF)c1ccc(OC(F)(F)F)cc1. The molecule has 0 spiro atoms. The Kier molecular flexibility index (Phi) is 3.28. The Morgan fingerprint density at radius 1 is 1.20 bits per heavy atom. The van der Waals surface area contributed by atoms with Crippen molar-refractivity contribution in [2.75, 3.05) is 6.67 Å². The highest BCUT2D eigenvalue weighted by Crippen LogP contribution is 2.22. The Balaban J connectivity index is 2.77. The number of ether oxygens (including phenoxy) is 1. The van der Waals surface area contributed by atoms with Crippen molar-refractivity contribution in [1.82, 2.24) is 0 Å². The topological polar surface area (TPSA) is 26.3 Å². The van der Waals surface area contributed by atoms with E-state index < -0.39 is 24.6 Å². The highest BCUT2D eigenvalue weighted by atomic mass is 19.4. The lowest BCUT2D eigenvalue weighted by atomic mass is 10.1. The summed E-state index contributed by atoms with van der Waals surface area (Å²) in [5, 5.41) is 0. The average Bonchev–Trinajstić information content (AvgIpc) is 2.15. The van der Waals surface area contributed by atoms with E-state index >= 15 is 0 Å². The number of rotatable bonds is 3. The standard InChI is InChI=1S/C9H6F4O2/c10-5-8(14)6-1-3-7(4-2-6)15-9(11,12)13/h1-4H,5H2.